The molecule has 0 aromatic carbocycles. The van der Waals surface area contributed by atoms with Gasteiger partial charge in [0.05, 0.1) is 27.4 Å². The number of hydrogen-bond acceptors (Lipinski definition) is 3. The van der Waals surface area contributed by atoms with E-state index >= 15 is 0 Å². The highest BCUT2D eigenvalue weighted by atomic mass is 79.9. The lowest BCUT2D eigenvalue weighted by molar-refractivity contribution is 0.102. The van der Waals surface area contributed by atoms with Gasteiger partial charge in [0, 0.05) is 18.6 Å². The molecule has 0 bridgehead atoms. The summed E-state index contributed by atoms with van der Waals surface area (Å²) in [5, 5.41) is 6.96. The van der Waals surface area contributed by atoms with Gasteiger partial charge >= 0.3 is 0 Å². The lowest BCUT2D eigenvalue weighted by atomic mass is 10.2. The number of pyridine rings is 2. The number of anilines is 1. The van der Waals surface area contributed by atoms with Gasteiger partial charge in [-0.3, -0.25) is 9.78 Å². The number of carbonyl (C=O) groups is 1. The van der Waals surface area contributed by atoms with E-state index < -0.39 is 0 Å². The highest BCUT2D eigenvalue weighted by molar-refractivity contribution is 9.10. The summed E-state index contributed by atoms with van der Waals surface area (Å²) in [4.78, 5) is 16.2. The summed E-state index contributed by atoms with van der Waals surface area (Å²) < 4.78 is 2.40. The number of nitrogens with zero attached hydrogens (tertiary/aromatic N) is 3. The molecule has 0 unspecified atom stereocenters. The van der Waals surface area contributed by atoms with Crippen molar-refractivity contribution in [1.82, 2.24) is 14.6 Å². The third-order valence-corrected chi connectivity index (χ3v) is 3.32. The van der Waals surface area contributed by atoms with E-state index in [1.165, 1.54) is 0 Å². The number of hydrogen-bond donors (Lipinski definition) is 1. The first kappa shape index (κ1) is 11.9. The van der Waals surface area contributed by atoms with Crippen molar-refractivity contribution < 1.29 is 4.79 Å². The fourth-order valence-electron chi connectivity index (χ4n) is 1.78. The fourth-order valence-corrected chi connectivity index (χ4v) is 2.13. The lowest BCUT2D eigenvalue weighted by Crippen LogP contribution is -2.12. The van der Waals surface area contributed by atoms with Gasteiger partial charge in [-0.1, -0.05) is 6.07 Å². The van der Waals surface area contributed by atoms with E-state index in [9.17, 15) is 4.79 Å². The molecule has 1 amide bonds. The average Bonchev–Trinajstić information content (AvgIpc) is 2.85. The molecular formula is C13H9BrN4O. The minimum absolute atomic E-state index is 0.201. The fraction of sp³-hybridized carbons (Fsp3) is 0. The van der Waals surface area contributed by atoms with Crippen LogP contribution in [0.4, 0.5) is 5.69 Å². The second-order valence-corrected chi connectivity index (χ2v) is 4.75. The Morgan fingerprint density at radius 3 is 3.00 bits per heavy atom. The van der Waals surface area contributed by atoms with E-state index in [0.717, 1.165) is 9.99 Å². The van der Waals surface area contributed by atoms with Crippen LogP contribution in [0.25, 0.3) is 5.52 Å². The highest BCUT2D eigenvalue weighted by Gasteiger charge is 2.13. The van der Waals surface area contributed by atoms with Crippen molar-refractivity contribution in [2.75, 3.05) is 5.32 Å². The predicted octanol–water partition coefficient (Wildman–Crippen LogP) is 2.74. The molecule has 1 N–H and O–H groups in total. The number of aromatic nitrogens is 3. The summed E-state index contributed by atoms with van der Waals surface area (Å²) in [6, 6.07) is 7.31. The van der Waals surface area contributed by atoms with Gasteiger partial charge in [0.25, 0.3) is 5.91 Å². The van der Waals surface area contributed by atoms with Crippen LogP contribution in [-0.4, -0.2) is 20.5 Å². The molecule has 0 aliphatic rings. The van der Waals surface area contributed by atoms with Crippen LogP contribution in [-0.2, 0) is 0 Å². The number of carbonyl (C=O) groups excluding carboxylic acids is 1. The Balaban J connectivity index is 1.95. The number of halogens is 1. The molecule has 0 saturated carbocycles. The Morgan fingerprint density at radius 1 is 1.26 bits per heavy atom. The Labute approximate surface area is 117 Å². The Kier molecular flexibility index (Phi) is 3.00. The average molecular weight is 317 g/mol. The van der Waals surface area contributed by atoms with Crippen molar-refractivity contribution in [2.45, 2.75) is 0 Å². The van der Waals surface area contributed by atoms with Crippen LogP contribution in [0.15, 0.2) is 53.5 Å². The molecule has 0 fully saturated rings. The van der Waals surface area contributed by atoms with Gasteiger partial charge in [0.1, 0.15) is 0 Å². The van der Waals surface area contributed by atoms with E-state index in [1.807, 2.05) is 18.2 Å². The molecule has 6 heteroatoms. The summed E-state index contributed by atoms with van der Waals surface area (Å²) in [6.07, 6.45) is 6.61. The Bertz CT molecular complexity index is 753. The van der Waals surface area contributed by atoms with E-state index in [2.05, 4.69) is 31.3 Å². The zero-order valence-electron chi connectivity index (χ0n) is 9.75. The zero-order chi connectivity index (χ0) is 13.2. The molecule has 3 aromatic rings. The number of rotatable bonds is 2. The quantitative estimate of drug-likeness (QED) is 0.790. The molecule has 5 nitrogen and oxygen atoms in total. The molecule has 3 aromatic heterocycles. The standard InChI is InChI=1S/C13H9BrN4O/c14-10-8-15-5-4-11(10)17-13(19)9-7-16-18-6-2-1-3-12(9)18/h1-8H,(H,15,17,19). The van der Waals surface area contributed by atoms with Crippen LogP contribution in [0, 0.1) is 0 Å². The zero-order valence-corrected chi connectivity index (χ0v) is 11.3. The van der Waals surface area contributed by atoms with Crippen molar-refractivity contribution in [3.05, 3.63) is 59.1 Å². The first-order valence-electron chi connectivity index (χ1n) is 5.59. The smallest absolute Gasteiger partial charge is 0.259 e. The molecular weight excluding hydrogens is 308 g/mol. The van der Waals surface area contributed by atoms with Gasteiger partial charge in [0.15, 0.2) is 0 Å². The topological polar surface area (TPSA) is 59.3 Å². The second kappa shape index (κ2) is 4.81. The van der Waals surface area contributed by atoms with Crippen LogP contribution >= 0.6 is 15.9 Å². The minimum Gasteiger partial charge on any atom is -0.321 e. The second-order valence-electron chi connectivity index (χ2n) is 3.90. The molecule has 0 aliphatic carbocycles. The maximum absolute atomic E-state index is 12.2. The van der Waals surface area contributed by atoms with Crippen molar-refractivity contribution >= 4 is 33.0 Å². The molecule has 0 spiro atoms. The highest BCUT2D eigenvalue weighted by Crippen LogP contribution is 2.21. The van der Waals surface area contributed by atoms with E-state index in [1.54, 1.807) is 35.4 Å². The van der Waals surface area contributed by atoms with Crippen LogP contribution in [0.5, 0.6) is 0 Å². The predicted molar refractivity (Wildman–Crippen MR) is 75.1 cm³/mol. The Morgan fingerprint density at radius 2 is 2.16 bits per heavy atom. The first-order chi connectivity index (χ1) is 9.25. The molecule has 94 valence electrons. The van der Waals surface area contributed by atoms with Crippen molar-refractivity contribution in [3.8, 4) is 0 Å². The summed E-state index contributed by atoms with van der Waals surface area (Å²) in [7, 11) is 0. The molecule has 19 heavy (non-hydrogen) atoms. The number of fused-ring (bicyclic) bond motifs is 1. The van der Waals surface area contributed by atoms with E-state index in [-0.39, 0.29) is 5.91 Å². The van der Waals surface area contributed by atoms with Gasteiger partial charge in [-0.05, 0) is 34.1 Å². The molecule has 0 aliphatic heterocycles. The maximum atomic E-state index is 12.2. The third-order valence-electron chi connectivity index (χ3n) is 2.69. The molecule has 3 heterocycles. The molecule has 3 rings (SSSR count). The van der Waals surface area contributed by atoms with E-state index in [4.69, 9.17) is 0 Å². The SMILES string of the molecule is O=C(Nc1ccncc1Br)c1cnn2ccccc12. The van der Waals surface area contributed by atoms with Crippen LogP contribution in [0.2, 0.25) is 0 Å². The first-order valence-corrected chi connectivity index (χ1v) is 6.38. The number of nitrogens with one attached hydrogen (secondary N) is 1. The third kappa shape index (κ3) is 2.22. The maximum Gasteiger partial charge on any atom is 0.259 e. The summed E-state index contributed by atoms with van der Waals surface area (Å²) in [5.74, 6) is -0.201. The summed E-state index contributed by atoms with van der Waals surface area (Å²) >= 11 is 3.34. The van der Waals surface area contributed by atoms with Gasteiger partial charge in [-0.2, -0.15) is 5.10 Å². The van der Waals surface area contributed by atoms with Crippen LogP contribution < -0.4 is 5.32 Å². The summed E-state index contributed by atoms with van der Waals surface area (Å²) in [5.41, 5.74) is 1.98. The Hall–Kier alpha value is -2.21. The van der Waals surface area contributed by atoms with Crippen molar-refractivity contribution in [1.29, 1.82) is 0 Å². The molecule has 0 saturated heterocycles. The summed E-state index contributed by atoms with van der Waals surface area (Å²) in [6.45, 7) is 0. The van der Waals surface area contributed by atoms with Crippen LogP contribution in [0.1, 0.15) is 10.4 Å². The molecule has 0 radical (unpaired) electrons. The van der Waals surface area contributed by atoms with Gasteiger partial charge < -0.3 is 5.32 Å². The largest absolute Gasteiger partial charge is 0.321 e. The van der Waals surface area contributed by atoms with Crippen molar-refractivity contribution in [2.24, 2.45) is 0 Å². The van der Waals surface area contributed by atoms with Crippen molar-refractivity contribution in [3.63, 3.8) is 0 Å². The van der Waals surface area contributed by atoms with Gasteiger partial charge in [-0.25, -0.2) is 4.52 Å². The van der Waals surface area contributed by atoms with E-state index in [0.29, 0.717) is 11.3 Å². The van der Waals surface area contributed by atoms with Crippen LogP contribution in [0.3, 0.4) is 0 Å². The monoisotopic (exact) mass is 316 g/mol. The van der Waals surface area contributed by atoms with Gasteiger partial charge in [0.2, 0.25) is 0 Å². The minimum atomic E-state index is -0.201. The van der Waals surface area contributed by atoms with Gasteiger partial charge in [-0.15, -0.1) is 0 Å². The number of amides is 1. The lowest BCUT2D eigenvalue weighted by Gasteiger charge is -2.05. The molecule has 0 atom stereocenters. The normalized spacial score (nSPS) is 10.6.